The minimum Gasteiger partial charge on any atom is -0.338 e. The van der Waals surface area contributed by atoms with Crippen LogP contribution in [0.15, 0.2) is 78.9 Å². The highest BCUT2D eigenvalue weighted by atomic mass is 19.4. The Balaban J connectivity index is 1.30. The maximum atomic E-state index is 13.5. The van der Waals surface area contributed by atoms with Crippen molar-refractivity contribution in [3.8, 4) is 0 Å². The van der Waals surface area contributed by atoms with Crippen LogP contribution in [-0.4, -0.2) is 71.9 Å². The van der Waals surface area contributed by atoms with Crippen molar-refractivity contribution >= 4 is 11.9 Å². The first-order chi connectivity index (χ1) is 21.3. The first-order valence-corrected chi connectivity index (χ1v) is 14.8. The van der Waals surface area contributed by atoms with E-state index in [-0.39, 0.29) is 43.2 Å². The van der Waals surface area contributed by atoms with E-state index in [9.17, 15) is 35.9 Å². The topological polar surface area (TPSA) is 55.9 Å². The summed E-state index contributed by atoms with van der Waals surface area (Å²) in [4.78, 5) is 31.8. The molecule has 0 spiro atoms. The Morgan fingerprint density at radius 3 is 1.87 bits per heavy atom. The Kier molecular flexibility index (Phi) is 9.43. The molecule has 1 N–H and O–H groups in total. The molecule has 5 rings (SSSR count). The maximum Gasteiger partial charge on any atom is 0.416 e. The van der Waals surface area contributed by atoms with Crippen molar-refractivity contribution in [3.63, 3.8) is 0 Å². The minimum absolute atomic E-state index is 0.0258. The van der Waals surface area contributed by atoms with Gasteiger partial charge in [-0.05, 0) is 42.7 Å². The number of benzene rings is 3. The zero-order valence-corrected chi connectivity index (χ0v) is 24.6. The molecule has 2 aliphatic heterocycles. The fourth-order valence-corrected chi connectivity index (χ4v) is 6.21. The van der Waals surface area contributed by atoms with Gasteiger partial charge in [0.25, 0.3) is 5.91 Å². The van der Waals surface area contributed by atoms with Crippen molar-refractivity contribution in [1.29, 1.82) is 0 Å². The van der Waals surface area contributed by atoms with Gasteiger partial charge in [-0.25, -0.2) is 4.79 Å². The summed E-state index contributed by atoms with van der Waals surface area (Å²) in [6.45, 7) is 4.35. The third kappa shape index (κ3) is 7.61. The third-order valence-corrected chi connectivity index (χ3v) is 8.64. The summed E-state index contributed by atoms with van der Waals surface area (Å²) < 4.78 is 80.8. The third-order valence-electron chi connectivity index (χ3n) is 8.64. The van der Waals surface area contributed by atoms with E-state index < -0.39 is 35.0 Å². The lowest BCUT2D eigenvalue weighted by atomic mass is 9.84. The lowest BCUT2D eigenvalue weighted by molar-refractivity contribution is -0.143. The van der Waals surface area contributed by atoms with Gasteiger partial charge in [0.1, 0.15) is 0 Å². The van der Waals surface area contributed by atoms with Crippen LogP contribution in [0.2, 0.25) is 0 Å². The van der Waals surface area contributed by atoms with Gasteiger partial charge in [0.15, 0.2) is 0 Å². The Hall–Kier alpha value is -4.06. The lowest BCUT2D eigenvalue weighted by Crippen LogP contribution is -2.58. The smallest absolute Gasteiger partial charge is 0.338 e. The molecule has 12 heteroatoms. The minimum atomic E-state index is -5.05. The fraction of sp³-hybridized carbons (Fsp3) is 0.394. The number of nitrogens with one attached hydrogen (secondary N) is 1. The Morgan fingerprint density at radius 2 is 1.31 bits per heavy atom. The van der Waals surface area contributed by atoms with Gasteiger partial charge < -0.3 is 15.1 Å². The summed E-state index contributed by atoms with van der Waals surface area (Å²) in [7, 11) is 0. The summed E-state index contributed by atoms with van der Waals surface area (Å²) in [5, 5.41) is 3.04. The molecule has 3 aromatic carbocycles. The van der Waals surface area contributed by atoms with Crippen LogP contribution < -0.4 is 5.32 Å². The van der Waals surface area contributed by atoms with Gasteiger partial charge in [0.2, 0.25) is 0 Å². The van der Waals surface area contributed by atoms with Crippen molar-refractivity contribution in [2.75, 3.05) is 39.3 Å². The quantitative estimate of drug-likeness (QED) is 0.315. The molecule has 2 fully saturated rings. The molecule has 0 bridgehead atoms. The Labute approximate surface area is 257 Å². The number of likely N-dealkylation sites (tertiary alicyclic amines) is 1. The Bertz CT molecular complexity index is 1440. The monoisotopic (exact) mass is 632 g/mol. The van der Waals surface area contributed by atoms with E-state index in [2.05, 4.69) is 10.2 Å². The molecule has 2 aliphatic rings. The van der Waals surface area contributed by atoms with E-state index in [4.69, 9.17) is 0 Å². The molecule has 6 nitrogen and oxygen atoms in total. The Morgan fingerprint density at radius 1 is 0.756 bits per heavy atom. The van der Waals surface area contributed by atoms with Crippen LogP contribution in [0.1, 0.15) is 57.9 Å². The summed E-state index contributed by atoms with van der Waals surface area (Å²) >= 11 is 0. The van der Waals surface area contributed by atoms with Crippen LogP contribution in [0.25, 0.3) is 0 Å². The van der Waals surface area contributed by atoms with Crippen molar-refractivity contribution in [1.82, 2.24) is 20.0 Å². The summed E-state index contributed by atoms with van der Waals surface area (Å²) in [5.41, 5.74) is -1.77. The van der Waals surface area contributed by atoms with Crippen LogP contribution >= 0.6 is 0 Å². The molecular weight excluding hydrogens is 598 g/mol. The molecular formula is C33H34F6N4O2. The van der Waals surface area contributed by atoms with E-state index in [1.165, 1.54) is 4.90 Å². The average Bonchev–Trinajstić information content (AvgIpc) is 3.04. The largest absolute Gasteiger partial charge is 0.416 e. The number of alkyl halides is 6. The van der Waals surface area contributed by atoms with Crippen molar-refractivity contribution in [2.24, 2.45) is 0 Å². The molecule has 3 amide bonds. The van der Waals surface area contributed by atoms with Gasteiger partial charge in [-0.15, -0.1) is 0 Å². The number of carbonyl (C=O) groups is 2. The molecule has 0 aliphatic carbocycles. The molecule has 240 valence electrons. The van der Waals surface area contributed by atoms with Gasteiger partial charge >= 0.3 is 18.4 Å². The highest BCUT2D eigenvalue weighted by Gasteiger charge is 2.40. The molecule has 45 heavy (non-hydrogen) atoms. The first kappa shape index (κ1) is 32.3. The number of rotatable bonds is 5. The summed E-state index contributed by atoms with van der Waals surface area (Å²) in [5.74, 6) is -1.12. The number of carbonyl (C=O) groups excluding carboxylic acids is 2. The van der Waals surface area contributed by atoms with Crippen LogP contribution in [-0.2, 0) is 12.4 Å². The number of amides is 3. The second-order valence-electron chi connectivity index (χ2n) is 11.5. The zero-order valence-electron chi connectivity index (χ0n) is 24.6. The maximum absolute atomic E-state index is 13.5. The molecule has 3 atom stereocenters. The van der Waals surface area contributed by atoms with E-state index in [1.807, 2.05) is 67.6 Å². The number of piperazine rings is 1. The molecule has 3 aromatic rings. The number of hydrogen-bond acceptors (Lipinski definition) is 3. The zero-order chi connectivity index (χ0) is 32.4. The van der Waals surface area contributed by atoms with E-state index in [1.54, 1.807) is 4.90 Å². The fourth-order valence-electron chi connectivity index (χ4n) is 6.21. The molecule has 0 aromatic heterocycles. The summed E-state index contributed by atoms with van der Waals surface area (Å²) in [6, 6.07) is 19.7. The van der Waals surface area contributed by atoms with Gasteiger partial charge in [-0.1, -0.05) is 60.7 Å². The van der Waals surface area contributed by atoms with E-state index >= 15 is 0 Å². The predicted octanol–water partition coefficient (Wildman–Crippen LogP) is 6.81. The SMILES string of the molecule is C[C@@H](NC(=O)N1CCN([C@H]2CCN(C(=O)c3cc(C(F)(F)F)cc(C(F)(F)F)c3)C[C@@H]2c2ccccc2)CC1)c1ccccc1. The van der Waals surface area contributed by atoms with Gasteiger partial charge in [-0.2, -0.15) is 26.3 Å². The average molecular weight is 633 g/mol. The van der Waals surface area contributed by atoms with Crippen LogP contribution in [0.5, 0.6) is 0 Å². The number of urea groups is 1. The van der Waals surface area contributed by atoms with Crippen LogP contribution in [0.4, 0.5) is 31.1 Å². The van der Waals surface area contributed by atoms with Crippen LogP contribution in [0.3, 0.4) is 0 Å². The van der Waals surface area contributed by atoms with Gasteiger partial charge in [-0.3, -0.25) is 9.69 Å². The van der Waals surface area contributed by atoms with Gasteiger partial charge in [0, 0.05) is 56.8 Å². The highest BCUT2D eigenvalue weighted by molar-refractivity contribution is 5.95. The number of halogens is 6. The van der Waals surface area contributed by atoms with Crippen molar-refractivity contribution in [2.45, 2.75) is 43.7 Å². The molecule has 2 saturated heterocycles. The standard InChI is InChI=1S/C33H34F6N4O2/c1-22(23-8-4-2-5-9-23)40-31(45)42-16-14-41(15-17-42)29-12-13-43(21-28(29)24-10-6-3-7-11-24)30(44)25-18-26(32(34,35)36)20-27(19-25)33(37,38)39/h2-11,18-20,22,28-29H,12-17,21H2,1H3,(H,40,45)/t22-,28-,29+/m1/s1. The molecule has 2 heterocycles. The molecule has 0 saturated carbocycles. The van der Waals surface area contributed by atoms with Crippen molar-refractivity contribution in [3.05, 3.63) is 107 Å². The van der Waals surface area contributed by atoms with Crippen LogP contribution in [0, 0.1) is 0 Å². The van der Waals surface area contributed by atoms with E-state index in [0.717, 1.165) is 11.1 Å². The number of hydrogen-bond donors (Lipinski definition) is 1. The van der Waals surface area contributed by atoms with Crippen molar-refractivity contribution < 1.29 is 35.9 Å². The number of nitrogens with zero attached hydrogens (tertiary/aromatic N) is 3. The van der Waals surface area contributed by atoms with Gasteiger partial charge in [0.05, 0.1) is 17.2 Å². The lowest BCUT2D eigenvalue weighted by Gasteiger charge is -2.47. The van der Waals surface area contributed by atoms with E-state index in [0.29, 0.717) is 44.7 Å². The normalized spacial score (nSPS) is 20.5. The second kappa shape index (κ2) is 13.1. The predicted molar refractivity (Wildman–Crippen MR) is 156 cm³/mol. The second-order valence-corrected chi connectivity index (χ2v) is 11.5. The first-order valence-electron chi connectivity index (χ1n) is 14.8. The molecule has 0 unspecified atom stereocenters. The molecule has 0 radical (unpaired) electrons. The summed E-state index contributed by atoms with van der Waals surface area (Å²) in [6.07, 6.45) is -9.63. The highest BCUT2D eigenvalue weighted by Crippen LogP contribution is 2.38. The number of piperidine rings is 1.